The zero-order valence-electron chi connectivity index (χ0n) is 16.9. The van der Waals surface area contributed by atoms with Crippen molar-refractivity contribution < 1.29 is 32.1 Å². The third-order valence-electron chi connectivity index (χ3n) is 4.83. The number of hydrogen-bond acceptors (Lipinski definition) is 6. The molecule has 1 aliphatic heterocycles. The lowest BCUT2D eigenvalue weighted by Crippen LogP contribution is -2.21. The maximum atomic E-state index is 12.9. The molecular weight excluding hydrogens is 516 g/mol. The number of aromatic carboxylic acids is 1. The number of rotatable bonds is 5. The van der Waals surface area contributed by atoms with Crippen molar-refractivity contribution >= 4 is 55.4 Å². The number of hydrogen-bond donors (Lipinski definition) is 2. The Hall–Kier alpha value is -3.54. The van der Waals surface area contributed by atoms with E-state index in [1.165, 1.54) is 36.4 Å². The van der Waals surface area contributed by atoms with E-state index in [1.54, 1.807) is 31.2 Å². The summed E-state index contributed by atoms with van der Waals surface area (Å²) in [5.74, 6) is -0.915. The second-order valence-corrected chi connectivity index (χ2v) is 9.36. The van der Waals surface area contributed by atoms with Crippen LogP contribution in [-0.4, -0.2) is 35.7 Å². The fourth-order valence-corrected chi connectivity index (χ4v) is 4.09. The molecule has 11 heteroatoms. The molecule has 1 aromatic heterocycles. The minimum Gasteiger partial charge on any atom is -0.478 e. The second-order valence-electron chi connectivity index (χ2n) is 7.03. The first-order valence-electron chi connectivity index (χ1n) is 9.37. The lowest BCUT2D eigenvalue weighted by atomic mass is 10.1. The fourth-order valence-electron chi connectivity index (χ4n) is 3.24. The Balaban J connectivity index is 1.63. The number of furan rings is 1. The smallest absolute Gasteiger partial charge is 0.336 e. The van der Waals surface area contributed by atoms with E-state index >= 15 is 0 Å². The van der Waals surface area contributed by atoms with E-state index in [2.05, 4.69) is 21.0 Å². The molecule has 0 radical (unpaired) electrons. The standard InChI is InChI=1S/C22H15BrN2O7S/c1-12-18(21(26)25(24-12)14-3-6-16(7-4-14)33(29,30)31)11-15-5-9-20(32-15)17-8-2-13(23)10-19(17)22(27)28/h2-11H,1H3,(H,27,28)(H,29,30,31)/b18-11+. The average Bonchev–Trinajstić information content (AvgIpc) is 3.33. The van der Waals surface area contributed by atoms with Gasteiger partial charge < -0.3 is 9.52 Å². The highest BCUT2D eigenvalue weighted by Gasteiger charge is 2.29. The topological polar surface area (TPSA) is 137 Å². The van der Waals surface area contributed by atoms with Gasteiger partial charge in [-0.1, -0.05) is 15.9 Å². The predicted molar refractivity (Wildman–Crippen MR) is 124 cm³/mol. The minimum atomic E-state index is -4.35. The number of carbonyl (C=O) groups is 2. The van der Waals surface area contributed by atoms with Gasteiger partial charge in [0.05, 0.1) is 27.4 Å². The van der Waals surface area contributed by atoms with Crippen molar-refractivity contribution in [2.45, 2.75) is 11.8 Å². The Labute approximate surface area is 196 Å². The first kappa shape index (κ1) is 22.6. The van der Waals surface area contributed by atoms with E-state index in [9.17, 15) is 23.1 Å². The molecule has 0 fully saturated rings. The molecule has 2 heterocycles. The van der Waals surface area contributed by atoms with Crippen molar-refractivity contribution in [3.8, 4) is 11.3 Å². The summed E-state index contributed by atoms with van der Waals surface area (Å²) in [6, 6.07) is 13.1. The quantitative estimate of drug-likeness (QED) is 0.366. The van der Waals surface area contributed by atoms with Gasteiger partial charge in [0, 0.05) is 10.0 Å². The van der Waals surface area contributed by atoms with Gasteiger partial charge in [-0.2, -0.15) is 18.5 Å². The van der Waals surface area contributed by atoms with Gasteiger partial charge >= 0.3 is 5.97 Å². The van der Waals surface area contributed by atoms with Gasteiger partial charge in [-0.3, -0.25) is 9.35 Å². The number of nitrogens with zero attached hydrogens (tertiary/aromatic N) is 2. The number of halogens is 1. The summed E-state index contributed by atoms with van der Waals surface area (Å²) >= 11 is 3.25. The molecule has 1 aliphatic rings. The number of anilines is 1. The maximum absolute atomic E-state index is 12.9. The third kappa shape index (κ3) is 4.51. The molecule has 9 nitrogen and oxygen atoms in total. The summed E-state index contributed by atoms with van der Waals surface area (Å²) in [5, 5.41) is 14.8. The lowest BCUT2D eigenvalue weighted by Gasteiger charge is -2.11. The van der Waals surface area contributed by atoms with Gasteiger partial charge in [0.15, 0.2) is 0 Å². The van der Waals surface area contributed by atoms with Crippen molar-refractivity contribution in [3.63, 3.8) is 0 Å². The van der Waals surface area contributed by atoms with E-state index in [0.29, 0.717) is 33.0 Å². The highest BCUT2D eigenvalue weighted by Crippen LogP contribution is 2.31. The van der Waals surface area contributed by atoms with E-state index in [1.807, 2.05) is 0 Å². The Morgan fingerprint density at radius 3 is 2.45 bits per heavy atom. The summed E-state index contributed by atoms with van der Waals surface area (Å²) in [4.78, 5) is 24.2. The van der Waals surface area contributed by atoms with Crippen LogP contribution in [0.2, 0.25) is 0 Å². The summed E-state index contributed by atoms with van der Waals surface area (Å²) in [6.07, 6.45) is 1.50. The highest BCUT2D eigenvalue weighted by atomic mass is 79.9. The van der Waals surface area contributed by atoms with Crippen LogP contribution in [0.1, 0.15) is 23.0 Å². The number of carbonyl (C=O) groups excluding carboxylic acids is 1. The molecule has 2 N–H and O–H groups in total. The predicted octanol–water partition coefficient (Wildman–Crippen LogP) is 4.46. The van der Waals surface area contributed by atoms with Gasteiger partial charge in [0.1, 0.15) is 11.5 Å². The van der Waals surface area contributed by atoms with Crippen molar-refractivity contribution in [3.05, 3.63) is 76.0 Å². The van der Waals surface area contributed by atoms with Crippen LogP contribution in [0.25, 0.3) is 17.4 Å². The van der Waals surface area contributed by atoms with Gasteiger partial charge in [0.25, 0.3) is 16.0 Å². The van der Waals surface area contributed by atoms with Crippen LogP contribution in [0.3, 0.4) is 0 Å². The fraction of sp³-hybridized carbons (Fsp3) is 0.0455. The van der Waals surface area contributed by atoms with Gasteiger partial charge in [0.2, 0.25) is 0 Å². The molecule has 0 atom stereocenters. The average molecular weight is 531 g/mol. The number of carboxylic acids is 1. The Morgan fingerprint density at radius 2 is 1.82 bits per heavy atom. The molecule has 4 rings (SSSR count). The van der Waals surface area contributed by atoms with Crippen molar-refractivity contribution in [1.82, 2.24) is 0 Å². The molecule has 1 amide bonds. The molecular formula is C22H15BrN2O7S. The minimum absolute atomic E-state index is 0.0622. The Kier molecular flexibility index (Phi) is 5.78. The van der Waals surface area contributed by atoms with Gasteiger partial charge in [-0.05, 0) is 67.6 Å². The van der Waals surface area contributed by atoms with Gasteiger partial charge in [-0.15, -0.1) is 0 Å². The molecule has 0 saturated heterocycles. The molecule has 0 aliphatic carbocycles. The summed E-state index contributed by atoms with van der Waals surface area (Å²) in [6.45, 7) is 1.64. The summed E-state index contributed by atoms with van der Waals surface area (Å²) in [7, 11) is -4.35. The Morgan fingerprint density at radius 1 is 1.12 bits per heavy atom. The van der Waals surface area contributed by atoms with Crippen LogP contribution in [0, 0.1) is 0 Å². The van der Waals surface area contributed by atoms with E-state index in [4.69, 9.17) is 8.97 Å². The van der Waals surface area contributed by atoms with Crippen molar-refractivity contribution in [2.75, 3.05) is 5.01 Å². The van der Waals surface area contributed by atoms with Gasteiger partial charge in [-0.25, -0.2) is 4.79 Å². The van der Waals surface area contributed by atoms with Crippen LogP contribution in [0.4, 0.5) is 5.69 Å². The summed E-state index contributed by atoms with van der Waals surface area (Å²) in [5.41, 5.74) is 1.43. The van der Waals surface area contributed by atoms with Crippen LogP contribution >= 0.6 is 15.9 Å². The molecule has 0 spiro atoms. The van der Waals surface area contributed by atoms with Crippen LogP contribution < -0.4 is 5.01 Å². The SMILES string of the molecule is CC1=NN(c2ccc(S(=O)(=O)O)cc2)C(=O)/C1=C/c1ccc(-c2ccc(Br)cc2C(=O)O)o1. The zero-order valence-corrected chi connectivity index (χ0v) is 19.3. The Bertz CT molecular complexity index is 1450. The van der Waals surface area contributed by atoms with Crippen molar-refractivity contribution in [1.29, 1.82) is 0 Å². The third-order valence-corrected chi connectivity index (χ3v) is 6.19. The first-order valence-corrected chi connectivity index (χ1v) is 11.6. The first-order chi connectivity index (χ1) is 15.5. The largest absolute Gasteiger partial charge is 0.478 e. The normalized spacial score (nSPS) is 15.2. The van der Waals surface area contributed by atoms with Crippen LogP contribution in [-0.2, 0) is 14.9 Å². The number of benzene rings is 2. The molecule has 33 heavy (non-hydrogen) atoms. The number of amides is 1. The molecule has 2 aromatic carbocycles. The molecule has 0 bridgehead atoms. The molecule has 0 unspecified atom stereocenters. The highest BCUT2D eigenvalue weighted by molar-refractivity contribution is 9.10. The number of hydrazone groups is 1. The lowest BCUT2D eigenvalue weighted by molar-refractivity contribution is -0.114. The summed E-state index contributed by atoms with van der Waals surface area (Å²) < 4.78 is 37.9. The molecule has 168 valence electrons. The van der Waals surface area contributed by atoms with E-state index in [0.717, 1.165) is 5.01 Å². The maximum Gasteiger partial charge on any atom is 0.336 e. The van der Waals surface area contributed by atoms with Crippen LogP contribution in [0.15, 0.2) is 79.1 Å². The molecule has 3 aromatic rings. The molecule has 0 saturated carbocycles. The second kappa shape index (κ2) is 8.43. The zero-order chi connectivity index (χ0) is 23.9. The van der Waals surface area contributed by atoms with E-state index < -0.39 is 22.0 Å². The van der Waals surface area contributed by atoms with Crippen LogP contribution in [0.5, 0.6) is 0 Å². The number of carboxylic acid groups (broad SMARTS) is 1. The van der Waals surface area contributed by atoms with Crippen molar-refractivity contribution in [2.24, 2.45) is 5.10 Å². The monoisotopic (exact) mass is 530 g/mol. The van der Waals surface area contributed by atoms with E-state index in [-0.39, 0.29) is 16.0 Å².